The summed E-state index contributed by atoms with van der Waals surface area (Å²) in [6.45, 7) is 10.4. The molecule has 0 radical (unpaired) electrons. The second-order valence-corrected chi connectivity index (χ2v) is 8.25. The van der Waals surface area contributed by atoms with Crippen molar-refractivity contribution in [1.29, 1.82) is 0 Å². The van der Waals surface area contributed by atoms with Crippen molar-refractivity contribution in [2.75, 3.05) is 31.6 Å². The maximum Gasteiger partial charge on any atom is 0.227 e. The van der Waals surface area contributed by atoms with Gasteiger partial charge in [0, 0.05) is 37.2 Å². The molecule has 22 heavy (non-hydrogen) atoms. The Hall–Kier alpha value is -0.710. The van der Waals surface area contributed by atoms with E-state index in [0.717, 1.165) is 38.2 Å². The number of likely N-dealkylation sites (tertiary alicyclic amines) is 1. The first kappa shape index (κ1) is 19.3. The molecule has 0 aromatic carbocycles. The Labute approximate surface area is 139 Å². The number of carbonyl (C=O) groups is 2. The summed E-state index contributed by atoms with van der Waals surface area (Å²) in [7, 11) is 0. The molecule has 0 aromatic heterocycles. The van der Waals surface area contributed by atoms with Gasteiger partial charge < -0.3 is 10.2 Å². The zero-order valence-electron chi connectivity index (χ0n) is 14.8. The zero-order valence-corrected chi connectivity index (χ0v) is 15.6. The van der Waals surface area contributed by atoms with Gasteiger partial charge in [0.05, 0.1) is 0 Å². The van der Waals surface area contributed by atoms with Crippen LogP contribution in [0.5, 0.6) is 0 Å². The van der Waals surface area contributed by atoms with Crippen LogP contribution in [0.25, 0.3) is 0 Å². The highest BCUT2D eigenvalue weighted by Crippen LogP contribution is 2.31. The lowest BCUT2D eigenvalue weighted by atomic mass is 9.80. The van der Waals surface area contributed by atoms with Crippen molar-refractivity contribution in [3.8, 4) is 0 Å². The lowest BCUT2D eigenvalue weighted by Gasteiger charge is -2.40. The number of carbonyl (C=O) groups excluding carboxylic acids is 2. The minimum atomic E-state index is -0.319. The van der Waals surface area contributed by atoms with Gasteiger partial charge in [-0.2, -0.15) is 11.8 Å². The van der Waals surface area contributed by atoms with Crippen molar-refractivity contribution in [2.24, 2.45) is 17.3 Å². The van der Waals surface area contributed by atoms with E-state index in [-0.39, 0.29) is 17.2 Å². The molecule has 0 aromatic rings. The van der Waals surface area contributed by atoms with E-state index in [1.165, 1.54) is 0 Å². The number of thioether (sulfide) groups is 1. The molecular formula is C17H32N2O2S. The fourth-order valence-electron chi connectivity index (χ4n) is 3.07. The van der Waals surface area contributed by atoms with Crippen LogP contribution in [0, 0.1) is 17.3 Å². The van der Waals surface area contributed by atoms with E-state index >= 15 is 0 Å². The number of hydrogen-bond donors (Lipinski definition) is 1. The van der Waals surface area contributed by atoms with Crippen molar-refractivity contribution in [3.05, 3.63) is 0 Å². The molecule has 0 unspecified atom stereocenters. The molecular weight excluding hydrogens is 296 g/mol. The van der Waals surface area contributed by atoms with Crippen LogP contribution in [-0.2, 0) is 9.59 Å². The predicted octanol–water partition coefficient (Wildman–Crippen LogP) is 2.78. The molecule has 1 aliphatic heterocycles. The van der Waals surface area contributed by atoms with Crippen molar-refractivity contribution in [2.45, 2.75) is 47.0 Å². The van der Waals surface area contributed by atoms with E-state index in [9.17, 15) is 9.59 Å². The highest BCUT2D eigenvalue weighted by molar-refractivity contribution is 7.98. The summed E-state index contributed by atoms with van der Waals surface area (Å²) >= 11 is 1.74. The summed E-state index contributed by atoms with van der Waals surface area (Å²) in [6, 6.07) is 0. The summed E-state index contributed by atoms with van der Waals surface area (Å²) in [5.74, 6) is 2.19. The molecule has 4 nitrogen and oxygen atoms in total. The van der Waals surface area contributed by atoms with Crippen LogP contribution in [0.2, 0.25) is 0 Å². The third-order valence-corrected chi connectivity index (χ3v) is 5.03. The Morgan fingerprint density at radius 3 is 2.50 bits per heavy atom. The number of piperidine rings is 1. The summed E-state index contributed by atoms with van der Waals surface area (Å²) in [5, 5.41) is 2.99. The maximum absolute atomic E-state index is 12.4. The minimum Gasteiger partial charge on any atom is -0.355 e. The van der Waals surface area contributed by atoms with Gasteiger partial charge in [-0.05, 0) is 24.5 Å². The largest absolute Gasteiger partial charge is 0.355 e. The molecule has 2 amide bonds. The number of rotatable bonds is 6. The van der Waals surface area contributed by atoms with E-state index < -0.39 is 0 Å². The van der Waals surface area contributed by atoms with Gasteiger partial charge in [0.2, 0.25) is 11.8 Å². The Kier molecular flexibility index (Phi) is 7.74. The lowest BCUT2D eigenvalue weighted by molar-refractivity contribution is -0.142. The summed E-state index contributed by atoms with van der Waals surface area (Å²) < 4.78 is 0. The quantitative estimate of drug-likeness (QED) is 0.763. The third kappa shape index (κ3) is 5.82. The molecule has 1 rings (SSSR count). The molecule has 1 fully saturated rings. The van der Waals surface area contributed by atoms with Crippen molar-refractivity contribution >= 4 is 23.6 Å². The molecule has 1 heterocycles. The van der Waals surface area contributed by atoms with Crippen LogP contribution in [0.3, 0.4) is 0 Å². The van der Waals surface area contributed by atoms with Crippen LogP contribution in [0.4, 0.5) is 0 Å². The van der Waals surface area contributed by atoms with Crippen LogP contribution >= 0.6 is 11.8 Å². The van der Waals surface area contributed by atoms with Gasteiger partial charge in [-0.1, -0.05) is 34.1 Å². The van der Waals surface area contributed by atoms with Gasteiger partial charge in [-0.15, -0.1) is 0 Å². The normalized spacial score (nSPS) is 22.5. The zero-order chi connectivity index (χ0) is 16.8. The number of hydrogen-bond acceptors (Lipinski definition) is 3. The van der Waals surface area contributed by atoms with E-state index in [1.54, 1.807) is 11.8 Å². The smallest absolute Gasteiger partial charge is 0.227 e. The second-order valence-electron chi connectivity index (χ2n) is 7.27. The monoisotopic (exact) mass is 328 g/mol. The predicted molar refractivity (Wildman–Crippen MR) is 93.9 cm³/mol. The molecule has 0 aliphatic carbocycles. The van der Waals surface area contributed by atoms with E-state index in [2.05, 4.69) is 12.2 Å². The average molecular weight is 329 g/mol. The Morgan fingerprint density at radius 2 is 1.95 bits per heavy atom. The molecule has 5 heteroatoms. The Morgan fingerprint density at radius 1 is 1.27 bits per heavy atom. The minimum absolute atomic E-state index is 0.160. The molecule has 0 bridgehead atoms. The van der Waals surface area contributed by atoms with Gasteiger partial charge in [0.15, 0.2) is 0 Å². The van der Waals surface area contributed by atoms with Gasteiger partial charge in [-0.3, -0.25) is 9.59 Å². The molecule has 1 saturated heterocycles. The van der Waals surface area contributed by atoms with Crippen molar-refractivity contribution < 1.29 is 9.59 Å². The molecule has 1 aliphatic rings. The number of nitrogens with zero attached hydrogens (tertiary/aromatic N) is 1. The maximum atomic E-state index is 12.4. The molecule has 2 atom stereocenters. The van der Waals surface area contributed by atoms with E-state index in [1.807, 2.05) is 31.9 Å². The first-order valence-electron chi connectivity index (χ1n) is 8.34. The van der Waals surface area contributed by atoms with Crippen molar-refractivity contribution in [1.82, 2.24) is 10.2 Å². The van der Waals surface area contributed by atoms with Crippen LogP contribution in [0.15, 0.2) is 0 Å². The second kappa shape index (κ2) is 8.80. The summed E-state index contributed by atoms with van der Waals surface area (Å²) in [5.41, 5.74) is -0.319. The SMILES string of the molecule is CC[C@H]1CN(C(=O)C(C)(C)C)CC[C@H]1CC(=O)NCCSC. The highest BCUT2D eigenvalue weighted by Gasteiger charge is 2.35. The number of amides is 2. The van der Waals surface area contributed by atoms with Crippen LogP contribution in [0.1, 0.15) is 47.0 Å². The van der Waals surface area contributed by atoms with Crippen molar-refractivity contribution in [3.63, 3.8) is 0 Å². The Balaban J connectivity index is 2.52. The van der Waals surface area contributed by atoms with Gasteiger partial charge in [-0.25, -0.2) is 0 Å². The molecule has 0 spiro atoms. The summed E-state index contributed by atoms with van der Waals surface area (Å²) in [4.78, 5) is 26.4. The first-order chi connectivity index (χ1) is 10.3. The Bertz CT molecular complexity index is 379. The lowest BCUT2D eigenvalue weighted by Crippen LogP contribution is -2.48. The first-order valence-corrected chi connectivity index (χ1v) is 9.74. The van der Waals surface area contributed by atoms with E-state index in [0.29, 0.717) is 18.3 Å². The number of nitrogens with one attached hydrogen (secondary N) is 1. The fourth-order valence-corrected chi connectivity index (χ4v) is 3.38. The highest BCUT2D eigenvalue weighted by atomic mass is 32.2. The van der Waals surface area contributed by atoms with Gasteiger partial charge >= 0.3 is 0 Å². The van der Waals surface area contributed by atoms with E-state index in [4.69, 9.17) is 0 Å². The van der Waals surface area contributed by atoms with Crippen LogP contribution < -0.4 is 5.32 Å². The molecule has 1 N–H and O–H groups in total. The van der Waals surface area contributed by atoms with Crippen LogP contribution in [-0.4, -0.2) is 48.4 Å². The van der Waals surface area contributed by atoms with Gasteiger partial charge in [0.25, 0.3) is 0 Å². The standard InChI is InChI=1S/C17H32N2O2S/c1-6-13-12-19(16(21)17(2,3)4)9-7-14(13)11-15(20)18-8-10-22-5/h13-14H,6-12H2,1-5H3,(H,18,20)/t13-,14-/m0/s1. The third-order valence-electron chi connectivity index (χ3n) is 4.42. The topological polar surface area (TPSA) is 49.4 Å². The molecule has 128 valence electrons. The molecule has 0 saturated carbocycles. The average Bonchev–Trinajstić information content (AvgIpc) is 2.46. The summed E-state index contributed by atoms with van der Waals surface area (Å²) in [6.07, 6.45) is 4.61. The van der Waals surface area contributed by atoms with Gasteiger partial charge in [0.1, 0.15) is 0 Å². The fraction of sp³-hybridized carbons (Fsp3) is 0.882.